The molecule has 2 nitrogen and oxygen atoms in total. The highest BCUT2D eigenvalue weighted by atomic mass is 32.2. The quantitative estimate of drug-likeness (QED) is 0.624. The fourth-order valence-corrected chi connectivity index (χ4v) is 1.02. The molecule has 0 aliphatic carbocycles. The lowest BCUT2D eigenvalue weighted by Crippen LogP contribution is -2.33. The first-order valence-corrected chi connectivity index (χ1v) is 5.64. The van der Waals surface area contributed by atoms with Crippen LogP contribution in [0.1, 0.15) is 27.2 Å². The van der Waals surface area contributed by atoms with Gasteiger partial charge in [-0.3, -0.25) is 0 Å². The van der Waals surface area contributed by atoms with Crippen LogP contribution in [-0.4, -0.2) is 35.3 Å². The lowest BCUT2D eigenvalue weighted by atomic mass is 10.2. The minimum atomic E-state index is -0.185. The molecule has 0 aliphatic heterocycles. The molecule has 0 radical (unpaired) electrons. The van der Waals surface area contributed by atoms with Crippen molar-refractivity contribution in [2.75, 3.05) is 19.3 Å². The first-order chi connectivity index (χ1) is 5.48. The second-order valence-electron chi connectivity index (χ2n) is 3.78. The molecular weight excluding hydrogens is 170 g/mol. The first kappa shape index (κ1) is 12.3. The molecule has 0 aromatic carbocycles. The third kappa shape index (κ3) is 6.95. The van der Waals surface area contributed by atoms with Gasteiger partial charge in [0.25, 0.3) is 0 Å². The summed E-state index contributed by atoms with van der Waals surface area (Å²) in [5.41, 5.74) is 0. The normalized spacial score (nSPS) is 14.8. The van der Waals surface area contributed by atoms with Gasteiger partial charge in [-0.25, -0.2) is 0 Å². The Morgan fingerprint density at radius 2 is 2.08 bits per heavy atom. The van der Waals surface area contributed by atoms with Crippen molar-refractivity contribution in [3.8, 4) is 0 Å². The Balaban J connectivity index is 3.31. The summed E-state index contributed by atoms with van der Waals surface area (Å²) < 4.78 is 0.304. The van der Waals surface area contributed by atoms with Crippen molar-refractivity contribution in [3.63, 3.8) is 0 Å². The molecule has 1 atom stereocenters. The van der Waals surface area contributed by atoms with Gasteiger partial charge in [-0.1, -0.05) is 0 Å². The van der Waals surface area contributed by atoms with Crippen LogP contribution in [0.15, 0.2) is 0 Å². The maximum atomic E-state index is 8.99. The molecular formula is C9H21NOS. The predicted molar refractivity (Wildman–Crippen MR) is 56.8 cm³/mol. The van der Waals surface area contributed by atoms with Crippen molar-refractivity contribution in [1.29, 1.82) is 0 Å². The van der Waals surface area contributed by atoms with Gasteiger partial charge in [-0.05, 0) is 40.0 Å². The van der Waals surface area contributed by atoms with Gasteiger partial charge in [-0.15, -0.1) is 0 Å². The van der Waals surface area contributed by atoms with Crippen molar-refractivity contribution in [2.24, 2.45) is 0 Å². The van der Waals surface area contributed by atoms with Crippen LogP contribution in [0.4, 0.5) is 0 Å². The highest BCUT2D eigenvalue weighted by Gasteiger charge is 2.14. The molecule has 1 unspecified atom stereocenters. The summed E-state index contributed by atoms with van der Waals surface area (Å²) in [4.78, 5) is 0. The summed E-state index contributed by atoms with van der Waals surface area (Å²) in [6.07, 6.45) is 2.77. The number of nitrogens with one attached hydrogen (secondary N) is 1. The van der Waals surface area contributed by atoms with E-state index in [4.69, 9.17) is 5.11 Å². The molecule has 0 rings (SSSR count). The van der Waals surface area contributed by atoms with E-state index in [9.17, 15) is 0 Å². The molecule has 0 heterocycles. The molecule has 2 N–H and O–H groups in total. The zero-order valence-electron chi connectivity index (χ0n) is 8.55. The highest BCUT2D eigenvalue weighted by Crippen LogP contribution is 2.19. The van der Waals surface area contributed by atoms with Crippen molar-refractivity contribution in [2.45, 2.75) is 38.0 Å². The minimum Gasteiger partial charge on any atom is -0.393 e. The summed E-state index contributed by atoms with van der Waals surface area (Å²) in [6.45, 7) is 8.16. The molecule has 0 aliphatic rings. The first-order valence-electron chi connectivity index (χ1n) is 4.42. The van der Waals surface area contributed by atoms with Crippen LogP contribution in [0.2, 0.25) is 0 Å². The van der Waals surface area contributed by atoms with E-state index in [1.807, 2.05) is 18.7 Å². The lowest BCUT2D eigenvalue weighted by Gasteiger charge is -2.22. The van der Waals surface area contributed by atoms with E-state index in [2.05, 4.69) is 25.4 Å². The van der Waals surface area contributed by atoms with Crippen molar-refractivity contribution in [1.82, 2.24) is 5.32 Å². The second kappa shape index (κ2) is 5.84. The number of aliphatic hydroxyl groups excluding tert-OH is 1. The van der Waals surface area contributed by atoms with Crippen molar-refractivity contribution >= 4 is 11.8 Å². The van der Waals surface area contributed by atoms with Gasteiger partial charge in [0.1, 0.15) is 0 Å². The Hall–Kier alpha value is 0.270. The fraction of sp³-hybridized carbons (Fsp3) is 1.00. The van der Waals surface area contributed by atoms with Gasteiger partial charge >= 0.3 is 0 Å². The smallest absolute Gasteiger partial charge is 0.0524 e. The Bertz CT molecular complexity index is 115. The van der Waals surface area contributed by atoms with E-state index in [0.29, 0.717) is 4.75 Å². The Kier molecular flexibility index (Phi) is 5.97. The van der Waals surface area contributed by atoms with Crippen LogP contribution in [0.3, 0.4) is 0 Å². The van der Waals surface area contributed by atoms with Crippen LogP contribution in [0.5, 0.6) is 0 Å². The van der Waals surface area contributed by atoms with Crippen LogP contribution in [0.25, 0.3) is 0 Å². The summed E-state index contributed by atoms with van der Waals surface area (Å²) in [6, 6.07) is 0. The van der Waals surface area contributed by atoms with Gasteiger partial charge in [0.2, 0.25) is 0 Å². The SMILES string of the molecule is CSC(C)(C)CNCCC(C)O. The largest absolute Gasteiger partial charge is 0.393 e. The number of aliphatic hydroxyl groups is 1. The zero-order valence-corrected chi connectivity index (χ0v) is 9.37. The average molecular weight is 191 g/mol. The number of hydrogen-bond donors (Lipinski definition) is 2. The third-order valence-corrected chi connectivity index (χ3v) is 3.09. The van der Waals surface area contributed by atoms with Gasteiger partial charge in [0.05, 0.1) is 6.10 Å². The Morgan fingerprint density at radius 1 is 1.50 bits per heavy atom. The monoisotopic (exact) mass is 191 g/mol. The molecule has 0 saturated heterocycles. The molecule has 0 saturated carbocycles. The topological polar surface area (TPSA) is 32.3 Å². The number of hydrogen-bond acceptors (Lipinski definition) is 3. The summed E-state index contributed by atoms with van der Waals surface area (Å²) in [7, 11) is 0. The highest BCUT2D eigenvalue weighted by molar-refractivity contribution is 7.99. The fourth-order valence-electron chi connectivity index (χ4n) is 0.773. The second-order valence-corrected chi connectivity index (χ2v) is 5.29. The van der Waals surface area contributed by atoms with Gasteiger partial charge in [0.15, 0.2) is 0 Å². The Labute approximate surface area is 80.1 Å². The van der Waals surface area contributed by atoms with Gasteiger partial charge in [-0.2, -0.15) is 11.8 Å². The molecule has 0 bridgehead atoms. The molecule has 3 heteroatoms. The summed E-state index contributed by atoms with van der Waals surface area (Å²) >= 11 is 1.86. The third-order valence-electron chi connectivity index (χ3n) is 1.84. The van der Waals surface area contributed by atoms with E-state index < -0.39 is 0 Å². The standard InChI is InChI=1S/C9H21NOS/c1-8(11)5-6-10-7-9(2,3)12-4/h8,10-11H,5-7H2,1-4H3. The van der Waals surface area contributed by atoms with Gasteiger partial charge in [0, 0.05) is 11.3 Å². The van der Waals surface area contributed by atoms with E-state index in [1.54, 1.807) is 0 Å². The Morgan fingerprint density at radius 3 is 2.50 bits per heavy atom. The van der Waals surface area contributed by atoms with E-state index in [0.717, 1.165) is 19.5 Å². The van der Waals surface area contributed by atoms with E-state index in [1.165, 1.54) is 0 Å². The predicted octanol–water partition coefficient (Wildman–Crippen LogP) is 1.49. The van der Waals surface area contributed by atoms with Crippen molar-refractivity contribution in [3.05, 3.63) is 0 Å². The molecule has 0 aromatic heterocycles. The van der Waals surface area contributed by atoms with Gasteiger partial charge < -0.3 is 10.4 Å². The molecule has 12 heavy (non-hydrogen) atoms. The zero-order chi connectivity index (χ0) is 9.61. The molecule has 0 amide bonds. The number of thioether (sulfide) groups is 1. The summed E-state index contributed by atoms with van der Waals surface area (Å²) in [5.74, 6) is 0. The maximum absolute atomic E-state index is 8.99. The molecule has 74 valence electrons. The maximum Gasteiger partial charge on any atom is 0.0524 e. The average Bonchev–Trinajstić information content (AvgIpc) is 1.98. The van der Waals surface area contributed by atoms with Crippen LogP contribution >= 0.6 is 11.8 Å². The molecule has 0 fully saturated rings. The van der Waals surface area contributed by atoms with Crippen LogP contribution < -0.4 is 5.32 Å². The van der Waals surface area contributed by atoms with E-state index in [-0.39, 0.29) is 6.10 Å². The lowest BCUT2D eigenvalue weighted by molar-refractivity contribution is 0.183. The summed E-state index contributed by atoms with van der Waals surface area (Å²) in [5, 5.41) is 12.3. The molecule has 0 spiro atoms. The van der Waals surface area contributed by atoms with Crippen LogP contribution in [0, 0.1) is 0 Å². The van der Waals surface area contributed by atoms with E-state index >= 15 is 0 Å². The van der Waals surface area contributed by atoms with Crippen molar-refractivity contribution < 1.29 is 5.11 Å². The minimum absolute atomic E-state index is 0.185. The number of rotatable bonds is 6. The molecule has 0 aromatic rings. The van der Waals surface area contributed by atoms with Crippen LogP contribution in [-0.2, 0) is 0 Å².